The molecule has 258 valence electrons. The van der Waals surface area contributed by atoms with Crippen molar-refractivity contribution in [1.82, 2.24) is 21.4 Å². The van der Waals surface area contributed by atoms with E-state index in [9.17, 15) is 27.6 Å². The Kier molecular flexibility index (Phi) is 13.4. The number of thiophene rings is 1. The minimum atomic E-state index is -3.99. The van der Waals surface area contributed by atoms with Crippen molar-refractivity contribution < 1.29 is 37.1 Å². The number of anilines is 1. The summed E-state index contributed by atoms with van der Waals surface area (Å²) in [5.41, 5.74) is 4.01. The van der Waals surface area contributed by atoms with Gasteiger partial charge in [0.05, 0.1) is 33.0 Å². The number of aryl methyl sites for hydroxylation is 1. The zero-order chi connectivity index (χ0) is 35.5. The molecule has 48 heavy (non-hydrogen) atoms. The lowest BCUT2D eigenvalue weighted by Crippen LogP contribution is -2.42. The Morgan fingerprint density at radius 2 is 1.67 bits per heavy atom. The third-order valence-corrected chi connectivity index (χ3v) is 10.4. The van der Waals surface area contributed by atoms with Crippen molar-refractivity contribution in [2.24, 2.45) is 5.10 Å². The zero-order valence-corrected chi connectivity index (χ0v) is 29.7. The molecule has 0 spiro atoms. The molecule has 0 aliphatic carbocycles. The molecule has 1 heterocycles. The quantitative estimate of drug-likeness (QED) is 0.0579. The summed E-state index contributed by atoms with van der Waals surface area (Å²) in [6, 6.07) is 12.1. The molecule has 3 aromatic rings. The van der Waals surface area contributed by atoms with Gasteiger partial charge in [-0.3, -0.25) is 4.79 Å². The fourth-order valence-corrected chi connectivity index (χ4v) is 8.07. The standard InChI is InChI=1S/C31H38N6O8S3/c1-19-9-7-12-23(36-29(40)33-14-13-32-28(39)34-18-25(38)44-5)26(19)20-10-8-11-22(15-20)48(42,43)24-16-21(47-27(24)46-6)17-35-37-30(41)45-31(2,3)4/h7-12,15-17H,13-14,18H2,1-6H3,(H,37,41)(H2,32,34,39)(H2,33,36,40). The summed E-state index contributed by atoms with van der Waals surface area (Å²) in [5, 5.41) is 14.2. The average molecular weight is 719 g/mol. The van der Waals surface area contributed by atoms with E-state index in [-0.39, 0.29) is 29.4 Å². The minimum absolute atomic E-state index is 0.0543. The van der Waals surface area contributed by atoms with Crippen molar-refractivity contribution in [2.75, 3.05) is 38.3 Å². The molecule has 3 rings (SSSR count). The van der Waals surface area contributed by atoms with Crippen molar-refractivity contribution in [3.63, 3.8) is 0 Å². The SMILES string of the molecule is COC(=O)CNC(=O)NCCNC(=O)Nc1cccc(C)c1-c1cccc(S(=O)(=O)c2cc(C=NNC(=O)OC(C)(C)C)sc2SC)c1. The first-order valence-electron chi connectivity index (χ1n) is 14.4. The summed E-state index contributed by atoms with van der Waals surface area (Å²) in [4.78, 5) is 48.2. The number of sulfone groups is 1. The molecule has 0 bridgehead atoms. The Labute approximate surface area is 287 Å². The van der Waals surface area contributed by atoms with Gasteiger partial charge in [0.25, 0.3) is 0 Å². The minimum Gasteiger partial charge on any atom is -0.468 e. The van der Waals surface area contributed by atoms with E-state index < -0.39 is 39.6 Å². The average Bonchev–Trinajstić information content (AvgIpc) is 3.45. The van der Waals surface area contributed by atoms with E-state index in [0.717, 1.165) is 5.56 Å². The smallest absolute Gasteiger partial charge is 0.428 e. The number of hydrogen-bond donors (Lipinski definition) is 5. The van der Waals surface area contributed by atoms with Gasteiger partial charge in [-0.05, 0) is 69.3 Å². The highest BCUT2D eigenvalue weighted by atomic mass is 32.2. The lowest BCUT2D eigenvalue weighted by Gasteiger charge is -2.18. The molecule has 14 nitrogen and oxygen atoms in total. The van der Waals surface area contributed by atoms with E-state index in [4.69, 9.17) is 4.74 Å². The number of thioether (sulfide) groups is 1. The van der Waals surface area contributed by atoms with Gasteiger partial charge in [0, 0.05) is 23.5 Å². The van der Waals surface area contributed by atoms with E-state index in [1.54, 1.807) is 57.4 Å². The molecule has 0 radical (unpaired) electrons. The van der Waals surface area contributed by atoms with E-state index in [1.807, 2.05) is 13.0 Å². The van der Waals surface area contributed by atoms with Crippen LogP contribution in [-0.4, -0.2) is 77.4 Å². The van der Waals surface area contributed by atoms with E-state index in [0.29, 0.717) is 25.9 Å². The van der Waals surface area contributed by atoms with Crippen LogP contribution in [0.15, 0.2) is 67.6 Å². The largest absolute Gasteiger partial charge is 0.468 e. The maximum Gasteiger partial charge on any atom is 0.428 e. The number of hydrogen-bond acceptors (Lipinski definition) is 11. The third kappa shape index (κ3) is 11.0. The summed E-state index contributed by atoms with van der Waals surface area (Å²) in [5.74, 6) is -0.596. The molecular formula is C31H38N6O8S3. The first-order valence-corrected chi connectivity index (χ1v) is 18.0. The molecule has 0 aliphatic rings. The summed E-state index contributed by atoms with van der Waals surface area (Å²) in [6.07, 6.45) is 2.39. The van der Waals surface area contributed by atoms with E-state index >= 15 is 0 Å². The fourth-order valence-electron chi connectivity index (χ4n) is 4.12. The highest BCUT2D eigenvalue weighted by Crippen LogP contribution is 2.38. The van der Waals surface area contributed by atoms with Gasteiger partial charge in [0.2, 0.25) is 9.84 Å². The Balaban J connectivity index is 1.76. The molecule has 0 fully saturated rings. The Hall–Kier alpha value is -4.61. The lowest BCUT2D eigenvalue weighted by atomic mass is 9.98. The number of carbonyl (C=O) groups excluding carboxylic acids is 4. The molecule has 5 amide bonds. The topological polar surface area (TPSA) is 193 Å². The predicted octanol–water partition coefficient (Wildman–Crippen LogP) is 4.73. The number of amides is 5. The predicted molar refractivity (Wildman–Crippen MR) is 186 cm³/mol. The summed E-state index contributed by atoms with van der Waals surface area (Å²) in [7, 11) is -2.78. The van der Waals surface area contributed by atoms with Crippen LogP contribution in [0.5, 0.6) is 0 Å². The second-order valence-corrected chi connectivity index (χ2v) is 15.0. The van der Waals surface area contributed by atoms with E-state index in [2.05, 4.69) is 36.5 Å². The second kappa shape index (κ2) is 17.0. The molecule has 0 saturated carbocycles. The summed E-state index contributed by atoms with van der Waals surface area (Å²) in [6.45, 7) is 6.92. The monoisotopic (exact) mass is 718 g/mol. The van der Waals surface area contributed by atoms with Crippen LogP contribution in [0.3, 0.4) is 0 Å². The number of rotatable bonds is 12. The van der Waals surface area contributed by atoms with Crippen LogP contribution in [0.25, 0.3) is 11.1 Å². The van der Waals surface area contributed by atoms with Crippen LogP contribution in [0, 0.1) is 6.92 Å². The number of ether oxygens (including phenoxy) is 2. The maximum atomic E-state index is 13.9. The number of methoxy groups -OCH3 is 1. The van der Waals surface area contributed by atoms with Crippen molar-refractivity contribution in [3.05, 3.63) is 59.0 Å². The molecule has 0 unspecified atom stereocenters. The van der Waals surface area contributed by atoms with Crippen LogP contribution < -0.4 is 26.7 Å². The number of nitrogens with zero attached hydrogens (tertiary/aromatic N) is 1. The molecule has 2 aromatic carbocycles. The molecular weight excluding hydrogens is 681 g/mol. The van der Waals surface area contributed by atoms with Gasteiger partial charge in [-0.15, -0.1) is 23.1 Å². The molecule has 0 saturated heterocycles. The van der Waals surface area contributed by atoms with Gasteiger partial charge >= 0.3 is 24.1 Å². The first kappa shape index (κ1) is 37.8. The Bertz CT molecular complexity index is 1780. The normalized spacial score (nSPS) is 11.5. The van der Waals surface area contributed by atoms with Gasteiger partial charge in [-0.25, -0.2) is 28.2 Å². The molecule has 1 aromatic heterocycles. The number of esters is 1. The van der Waals surface area contributed by atoms with Crippen LogP contribution in [-0.2, 0) is 24.1 Å². The Morgan fingerprint density at radius 1 is 0.979 bits per heavy atom. The first-order chi connectivity index (χ1) is 22.6. The van der Waals surface area contributed by atoms with Crippen LogP contribution in [0.2, 0.25) is 0 Å². The molecule has 0 atom stereocenters. The molecule has 17 heteroatoms. The number of benzene rings is 2. The highest BCUT2D eigenvalue weighted by Gasteiger charge is 2.25. The highest BCUT2D eigenvalue weighted by molar-refractivity contribution is 8.01. The van der Waals surface area contributed by atoms with Crippen LogP contribution in [0.1, 0.15) is 31.2 Å². The number of hydrazone groups is 1. The van der Waals surface area contributed by atoms with Gasteiger partial charge in [0.1, 0.15) is 12.1 Å². The second-order valence-electron chi connectivity index (χ2n) is 11.0. The van der Waals surface area contributed by atoms with E-state index in [1.165, 1.54) is 48.6 Å². The third-order valence-electron chi connectivity index (χ3n) is 6.18. The molecule has 0 aliphatic heterocycles. The van der Waals surface area contributed by atoms with Crippen molar-refractivity contribution in [1.29, 1.82) is 0 Å². The van der Waals surface area contributed by atoms with Gasteiger partial charge in [-0.1, -0.05) is 24.3 Å². The van der Waals surface area contributed by atoms with Crippen molar-refractivity contribution >= 4 is 69.0 Å². The Morgan fingerprint density at radius 3 is 2.33 bits per heavy atom. The van der Waals surface area contributed by atoms with Crippen molar-refractivity contribution in [2.45, 2.75) is 47.3 Å². The van der Waals surface area contributed by atoms with Crippen molar-refractivity contribution in [3.8, 4) is 11.1 Å². The maximum absolute atomic E-state index is 13.9. The van der Waals surface area contributed by atoms with Gasteiger partial charge in [-0.2, -0.15) is 5.10 Å². The van der Waals surface area contributed by atoms with Crippen LogP contribution in [0.4, 0.5) is 20.1 Å². The van der Waals surface area contributed by atoms with Crippen LogP contribution >= 0.6 is 23.1 Å². The van der Waals surface area contributed by atoms with Gasteiger partial charge < -0.3 is 30.7 Å². The summed E-state index contributed by atoms with van der Waals surface area (Å²) < 4.78 is 38.0. The number of urea groups is 2. The number of nitrogens with one attached hydrogen (secondary N) is 5. The van der Waals surface area contributed by atoms with Gasteiger partial charge in [0.15, 0.2) is 0 Å². The zero-order valence-electron chi connectivity index (χ0n) is 27.3. The number of carbonyl (C=O) groups is 4. The molecule has 5 N–H and O–H groups in total. The fraction of sp³-hybridized carbons (Fsp3) is 0.323. The lowest BCUT2D eigenvalue weighted by molar-refractivity contribution is -0.139. The summed E-state index contributed by atoms with van der Waals surface area (Å²) >= 11 is 2.49.